The van der Waals surface area contributed by atoms with Crippen LogP contribution in [0.3, 0.4) is 0 Å². The van der Waals surface area contributed by atoms with Crippen molar-refractivity contribution in [2.24, 2.45) is 0 Å². The summed E-state index contributed by atoms with van der Waals surface area (Å²) in [5.74, 6) is -0.201. The molecule has 8 nitrogen and oxygen atoms in total. The van der Waals surface area contributed by atoms with E-state index < -0.39 is 28.5 Å². The maximum absolute atomic E-state index is 14.6. The van der Waals surface area contributed by atoms with Crippen LogP contribution in [0.15, 0.2) is 102 Å². The third-order valence-electron chi connectivity index (χ3n) is 8.04. The maximum atomic E-state index is 14.6. The van der Waals surface area contributed by atoms with Crippen LogP contribution in [-0.4, -0.2) is 51.4 Å². The van der Waals surface area contributed by atoms with Crippen molar-refractivity contribution in [2.45, 2.75) is 58.0 Å². The standard InChI is InChI=1S/C37H43N3O5S/c1-6-22-38-37(42)35(24-30-13-8-7-9-14-30)39(25-31-15-11-16-32(23-31)45-5)36(41)26-40(34-17-10-12-28(3)29(34)4)46(43,44)33-20-18-27(2)19-21-33/h7-21,23,35H,6,22,24-26H2,1-5H3,(H,38,42)/t35-/m0/s1. The first kappa shape index (κ1) is 34.2. The Morgan fingerprint density at radius 3 is 2.20 bits per heavy atom. The van der Waals surface area contributed by atoms with E-state index in [0.717, 1.165) is 34.2 Å². The van der Waals surface area contributed by atoms with Crippen LogP contribution in [0.1, 0.15) is 41.2 Å². The molecule has 242 valence electrons. The maximum Gasteiger partial charge on any atom is 0.264 e. The Bertz CT molecular complexity index is 1740. The first-order valence-corrected chi connectivity index (χ1v) is 16.9. The summed E-state index contributed by atoms with van der Waals surface area (Å²) < 4.78 is 35.2. The number of sulfonamides is 1. The average molecular weight is 642 g/mol. The van der Waals surface area contributed by atoms with Crippen LogP contribution in [0.4, 0.5) is 5.69 Å². The predicted octanol–water partition coefficient (Wildman–Crippen LogP) is 5.98. The Balaban J connectivity index is 1.83. The summed E-state index contributed by atoms with van der Waals surface area (Å²) in [5, 5.41) is 2.97. The molecule has 0 aliphatic rings. The molecule has 1 N–H and O–H groups in total. The second-order valence-electron chi connectivity index (χ2n) is 11.4. The fraction of sp³-hybridized carbons (Fsp3) is 0.297. The van der Waals surface area contributed by atoms with E-state index in [9.17, 15) is 18.0 Å². The number of amides is 2. The second kappa shape index (κ2) is 15.6. The molecule has 0 fully saturated rings. The molecule has 4 aromatic carbocycles. The van der Waals surface area contributed by atoms with Crippen molar-refractivity contribution < 1.29 is 22.7 Å². The van der Waals surface area contributed by atoms with Crippen molar-refractivity contribution in [3.8, 4) is 5.75 Å². The van der Waals surface area contributed by atoms with Crippen LogP contribution < -0.4 is 14.4 Å². The minimum Gasteiger partial charge on any atom is -0.497 e. The number of aryl methyl sites for hydroxylation is 2. The van der Waals surface area contributed by atoms with E-state index in [0.29, 0.717) is 18.0 Å². The monoisotopic (exact) mass is 641 g/mol. The van der Waals surface area contributed by atoms with Gasteiger partial charge in [-0.15, -0.1) is 0 Å². The third kappa shape index (κ3) is 8.34. The second-order valence-corrected chi connectivity index (χ2v) is 13.3. The smallest absolute Gasteiger partial charge is 0.264 e. The number of nitrogens with one attached hydrogen (secondary N) is 1. The fourth-order valence-corrected chi connectivity index (χ4v) is 6.72. The van der Waals surface area contributed by atoms with Crippen molar-refractivity contribution in [2.75, 3.05) is 24.5 Å². The van der Waals surface area contributed by atoms with Crippen molar-refractivity contribution in [3.63, 3.8) is 0 Å². The summed E-state index contributed by atoms with van der Waals surface area (Å²) in [6.07, 6.45) is 0.975. The molecule has 0 saturated carbocycles. The molecule has 2 amide bonds. The van der Waals surface area contributed by atoms with E-state index in [4.69, 9.17) is 4.74 Å². The van der Waals surface area contributed by atoms with Gasteiger partial charge in [0.15, 0.2) is 0 Å². The van der Waals surface area contributed by atoms with E-state index in [-0.39, 0.29) is 23.8 Å². The number of ether oxygens (including phenoxy) is 1. The number of benzene rings is 4. The number of hydrogen-bond donors (Lipinski definition) is 1. The molecule has 0 heterocycles. The minimum atomic E-state index is -4.18. The Morgan fingerprint density at radius 1 is 0.848 bits per heavy atom. The highest BCUT2D eigenvalue weighted by Gasteiger charge is 2.35. The summed E-state index contributed by atoms with van der Waals surface area (Å²) in [6, 6.07) is 27.9. The SMILES string of the molecule is CCCNC(=O)[C@H](Cc1ccccc1)N(Cc1cccc(OC)c1)C(=O)CN(c1cccc(C)c1C)S(=O)(=O)c1ccc(C)cc1. The van der Waals surface area contributed by atoms with Gasteiger partial charge in [0, 0.05) is 19.5 Å². The highest BCUT2D eigenvalue weighted by molar-refractivity contribution is 7.92. The average Bonchev–Trinajstić information content (AvgIpc) is 3.06. The molecule has 4 rings (SSSR count). The molecule has 0 spiro atoms. The molecule has 0 bridgehead atoms. The molecule has 1 atom stereocenters. The molecular weight excluding hydrogens is 598 g/mol. The van der Waals surface area contributed by atoms with Crippen LogP contribution >= 0.6 is 0 Å². The molecule has 4 aromatic rings. The quantitative estimate of drug-likeness (QED) is 0.183. The first-order chi connectivity index (χ1) is 22.0. The topological polar surface area (TPSA) is 96.0 Å². The largest absolute Gasteiger partial charge is 0.497 e. The van der Waals surface area contributed by atoms with Gasteiger partial charge in [-0.2, -0.15) is 0 Å². The molecular formula is C37H43N3O5S. The zero-order chi connectivity index (χ0) is 33.3. The van der Waals surface area contributed by atoms with Gasteiger partial charge in [0.1, 0.15) is 18.3 Å². The zero-order valence-electron chi connectivity index (χ0n) is 27.2. The van der Waals surface area contributed by atoms with Gasteiger partial charge in [-0.05, 0) is 79.8 Å². The number of nitrogens with zero attached hydrogens (tertiary/aromatic N) is 2. The van der Waals surface area contributed by atoms with Crippen LogP contribution in [0.25, 0.3) is 0 Å². The fourth-order valence-electron chi connectivity index (χ4n) is 5.24. The van der Waals surface area contributed by atoms with Crippen molar-refractivity contribution in [1.82, 2.24) is 10.2 Å². The minimum absolute atomic E-state index is 0.0678. The predicted molar refractivity (Wildman–Crippen MR) is 182 cm³/mol. The van der Waals surface area contributed by atoms with Gasteiger partial charge in [0.2, 0.25) is 11.8 Å². The lowest BCUT2D eigenvalue weighted by molar-refractivity contribution is -0.140. The summed E-state index contributed by atoms with van der Waals surface area (Å²) in [5.41, 5.74) is 4.58. The molecule has 0 saturated heterocycles. The Morgan fingerprint density at radius 2 is 1.52 bits per heavy atom. The third-order valence-corrected chi connectivity index (χ3v) is 9.81. The zero-order valence-corrected chi connectivity index (χ0v) is 28.0. The normalized spacial score (nSPS) is 11.8. The summed E-state index contributed by atoms with van der Waals surface area (Å²) in [4.78, 5) is 30.0. The Kier molecular flexibility index (Phi) is 11.6. The number of hydrogen-bond acceptors (Lipinski definition) is 5. The summed E-state index contributed by atoms with van der Waals surface area (Å²) in [7, 11) is -2.61. The molecule has 0 aliphatic carbocycles. The molecule has 0 aromatic heterocycles. The molecule has 46 heavy (non-hydrogen) atoms. The van der Waals surface area contributed by atoms with Gasteiger partial charge < -0.3 is 15.0 Å². The van der Waals surface area contributed by atoms with Crippen LogP contribution in [0.5, 0.6) is 5.75 Å². The molecule has 0 unspecified atom stereocenters. The molecule has 0 aliphatic heterocycles. The Hall–Kier alpha value is -4.63. The van der Waals surface area contributed by atoms with E-state index in [1.54, 1.807) is 43.5 Å². The number of anilines is 1. The van der Waals surface area contributed by atoms with Gasteiger partial charge in [0.05, 0.1) is 17.7 Å². The number of rotatable bonds is 14. The van der Waals surface area contributed by atoms with E-state index in [2.05, 4.69) is 5.32 Å². The number of methoxy groups -OCH3 is 1. The summed E-state index contributed by atoms with van der Waals surface area (Å²) in [6.45, 7) is 7.60. The molecule has 9 heteroatoms. The lowest BCUT2D eigenvalue weighted by atomic mass is 10.0. The van der Waals surface area contributed by atoms with Gasteiger partial charge in [-0.3, -0.25) is 13.9 Å². The lowest BCUT2D eigenvalue weighted by Gasteiger charge is -2.34. The summed E-state index contributed by atoms with van der Waals surface area (Å²) >= 11 is 0. The van der Waals surface area contributed by atoms with Gasteiger partial charge in [-0.25, -0.2) is 8.42 Å². The highest BCUT2D eigenvalue weighted by atomic mass is 32.2. The van der Waals surface area contributed by atoms with Crippen molar-refractivity contribution >= 4 is 27.5 Å². The van der Waals surface area contributed by atoms with E-state index >= 15 is 0 Å². The van der Waals surface area contributed by atoms with E-state index in [1.165, 1.54) is 9.21 Å². The van der Waals surface area contributed by atoms with E-state index in [1.807, 2.05) is 88.4 Å². The Labute approximate surface area is 273 Å². The van der Waals surface area contributed by atoms with Crippen LogP contribution in [-0.2, 0) is 32.6 Å². The lowest BCUT2D eigenvalue weighted by Crippen LogP contribution is -2.53. The number of carbonyl (C=O) groups excluding carboxylic acids is 2. The molecule has 0 radical (unpaired) electrons. The van der Waals surface area contributed by atoms with Crippen molar-refractivity contribution in [3.05, 3.63) is 125 Å². The van der Waals surface area contributed by atoms with Gasteiger partial charge in [0.25, 0.3) is 10.0 Å². The van der Waals surface area contributed by atoms with Crippen LogP contribution in [0, 0.1) is 20.8 Å². The highest BCUT2D eigenvalue weighted by Crippen LogP contribution is 2.29. The number of carbonyl (C=O) groups is 2. The van der Waals surface area contributed by atoms with Gasteiger partial charge in [-0.1, -0.05) is 79.2 Å². The van der Waals surface area contributed by atoms with Gasteiger partial charge >= 0.3 is 0 Å². The first-order valence-electron chi connectivity index (χ1n) is 15.4. The van der Waals surface area contributed by atoms with Crippen molar-refractivity contribution in [1.29, 1.82) is 0 Å². The van der Waals surface area contributed by atoms with Crippen LogP contribution in [0.2, 0.25) is 0 Å².